The summed E-state index contributed by atoms with van der Waals surface area (Å²) in [6, 6.07) is 11.0. The third-order valence-corrected chi connectivity index (χ3v) is 8.68. The quantitative estimate of drug-likeness (QED) is 0.439. The van der Waals surface area contributed by atoms with Crippen molar-refractivity contribution in [3.05, 3.63) is 75.1 Å². The minimum absolute atomic E-state index is 0.0390. The van der Waals surface area contributed by atoms with Gasteiger partial charge in [0, 0.05) is 23.8 Å². The van der Waals surface area contributed by atoms with Gasteiger partial charge in [0.15, 0.2) is 10.7 Å². The van der Waals surface area contributed by atoms with Gasteiger partial charge >= 0.3 is 0 Å². The van der Waals surface area contributed by atoms with Crippen molar-refractivity contribution in [1.29, 1.82) is 0 Å². The molecule has 0 bridgehead atoms. The number of amides is 1. The third-order valence-electron chi connectivity index (χ3n) is 6.42. The minimum atomic E-state index is -3.93. The van der Waals surface area contributed by atoms with Crippen LogP contribution in [-0.2, 0) is 14.8 Å². The van der Waals surface area contributed by atoms with E-state index < -0.39 is 15.9 Å². The summed E-state index contributed by atoms with van der Waals surface area (Å²) in [6.07, 6.45) is 4.69. The van der Waals surface area contributed by atoms with Crippen molar-refractivity contribution in [3.8, 4) is 0 Å². The van der Waals surface area contributed by atoms with E-state index in [1.807, 2.05) is 26.8 Å². The zero-order valence-electron chi connectivity index (χ0n) is 20.8. The highest BCUT2D eigenvalue weighted by Crippen LogP contribution is 2.30. The highest BCUT2D eigenvalue weighted by molar-refractivity contribution is 7.89. The standard InChI is InChI=1S/C27H30ClN3O4S/c1-17-13-18(2)24(19(3)14-17)10-11-25-26(20(4)30-35-25)36(33,34)31-12-6-7-21(16-31)27(32)29-23-9-5-8-22(28)15-23/h5,8-11,13-15,21H,6-7,12,16H2,1-4H3,(H,29,32)/b11-10+/t21-/m1/s1. The number of piperidine rings is 1. The van der Waals surface area contributed by atoms with E-state index in [-0.39, 0.29) is 28.8 Å². The van der Waals surface area contributed by atoms with Gasteiger partial charge in [0.1, 0.15) is 5.69 Å². The first-order valence-electron chi connectivity index (χ1n) is 11.8. The number of nitrogens with zero attached hydrogens (tertiary/aromatic N) is 2. The molecule has 1 atom stereocenters. The van der Waals surface area contributed by atoms with E-state index in [1.54, 1.807) is 37.3 Å². The molecule has 0 saturated carbocycles. The van der Waals surface area contributed by atoms with Crippen LogP contribution in [0.1, 0.15) is 46.5 Å². The molecule has 36 heavy (non-hydrogen) atoms. The Morgan fingerprint density at radius 1 is 1.14 bits per heavy atom. The van der Waals surface area contributed by atoms with Crippen LogP contribution < -0.4 is 5.32 Å². The Labute approximate surface area is 217 Å². The lowest BCUT2D eigenvalue weighted by Crippen LogP contribution is -2.43. The van der Waals surface area contributed by atoms with Gasteiger partial charge in [0.05, 0.1) is 5.92 Å². The van der Waals surface area contributed by atoms with Crippen LogP contribution in [0, 0.1) is 33.6 Å². The number of carbonyl (C=O) groups is 1. The molecule has 7 nitrogen and oxygen atoms in total. The second-order valence-corrected chi connectivity index (χ2v) is 11.6. The van der Waals surface area contributed by atoms with Crippen molar-refractivity contribution in [3.63, 3.8) is 0 Å². The highest BCUT2D eigenvalue weighted by Gasteiger charge is 2.37. The molecule has 0 spiro atoms. The first kappa shape index (κ1) is 26.1. The molecule has 1 saturated heterocycles. The lowest BCUT2D eigenvalue weighted by Gasteiger charge is -2.31. The molecule has 1 aliphatic heterocycles. The van der Waals surface area contributed by atoms with E-state index in [0.717, 1.165) is 16.7 Å². The molecule has 0 unspecified atom stereocenters. The summed E-state index contributed by atoms with van der Waals surface area (Å²) in [6.45, 7) is 8.10. The number of aromatic nitrogens is 1. The van der Waals surface area contributed by atoms with Crippen molar-refractivity contribution in [2.24, 2.45) is 5.92 Å². The van der Waals surface area contributed by atoms with Gasteiger partial charge in [-0.25, -0.2) is 8.42 Å². The number of hydrogen-bond donors (Lipinski definition) is 1. The Kier molecular flexibility index (Phi) is 7.68. The van der Waals surface area contributed by atoms with Crippen LogP contribution in [0.4, 0.5) is 5.69 Å². The number of sulfonamides is 1. The number of halogens is 1. The maximum atomic E-state index is 13.7. The Morgan fingerprint density at radius 2 is 1.86 bits per heavy atom. The van der Waals surface area contributed by atoms with Gasteiger partial charge in [-0.15, -0.1) is 0 Å². The fraction of sp³-hybridized carbons (Fsp3) is 0.333. The normalized spacial score (nSPS) is 17.0. The molecule has 1 fully saturated rings. The van der Waals surface area contributed by atoms with E-state index in [1.165, 1.54) is 9.87 Å². The molecule has 3 aromatic rings. The highest BCUT2D eigenvalue weighted by atomic mass is 35.5. The average molecular weight is 528 g/mol. The number of nitrogens with one attached hydrogen (secondary N) is 1. The molecular formula is C27H30ClN3O4S. The fourth-order valence-corrected chi connectivity index (χ4v) is 6.69. The Bertz CT molecular complexity index is 1410. The van der Waals surface area contributed by atoms with Crippen LogP contribution in [-0.4, -0.2) is 36.9 Å². The molecule has 0 aliphatic carbocycles. The molecule has 9 heteroatoms. The number of anilines is 1. The van der Waals surface area contributed by atoms with Gasteiger partial charge in [-0.1, -0.05) is 46.6 Å². The first-order valence-corrected chi connectivity index (χ1v) is 13.7. The molecule has 1 amide bonds. The van der Waals surface area contributed by atoms with Gasteiger partial charge < -0.3 is 9.84 Å². The summed E-state index contributed by atoms with van der Waals surface area (Å²) in [4.78, 5) is 12.9. The van der Waals surface area contributed by atoms with Crippen LogP contribution in [0.3, 0.4) is 0 Å². The Balaban J connectivity index is 1.56. The van der Waals surface area contributed by atoms with Crippen molar-refractivity contribution in [2.75, 3.05) is 18.4 Å². The van der Waals surface area contributed by atoms with Gasteiger partial charge in [0.25, 0.3) is 0 Å². The van der Waals surface area contributed by atoms with Crippen molar-refractivity contribution in [1.82, 2.24) is 9.46 Å². The van der Waals surface area contributed by atoms with E-state index in [9.17, 15) is 13.2 Å². The minimum Gasteiger partial charge on any atom is -0.355 e. The second kappa shape index (κ2) is 10.6. The number of hydrogen-bond acceptors (Lipinski definition) is 5. The first-order chi connectivity index (χ1) is 17.1. The molecule has 1 aromatic heterocycles. The van der Waals surface area contributed by atoms with Gasteiger partial charge in [-0.3, -0.25) is 4.79 Å². The summed E-state index contributed by atoms with van der Waals surface area (Å²) in [7, 11) is -3.93. The third kappa shape index (κ3) is 5.56. The zero-order valence-corrected chi connectivity index (χ0v) is 22.4. The van der Waals surface area contributed by atoms with Gasteiger partial charge in [0.2, 0.25) is 15.9 Å². The fourth-order valence-electron chi connectivity index (χ4n) is 4.73. The molecule has 4 rings (SSSR count). The van der Waals surface area contributed by atoms with E-state index in [2.05, 4.69) is 22.6 Å². The lowest BCUT2D eigenvalue weighted by molar-refractivity contribution is -0.120. The van der Waals surface area contributed by atoms with Gasteiger partial charge in [-0.2, -0.15) is 4.31 Å². The molecule has 1 aliphatic rings. The van der Waals surface area contributed by atoms with Gasteiger partial charge in [-0.05, 0) is 81.5 Å². The van der Waals surface area contributed by atoms with Crippen LogP contribution >= 0.6 is 11.6 Å². The lowest BCUT2D eigenvalue weighted by atomic mass is 9.99. The molecule has 0 radical (unpaired) electrons. The largest absolute Gasteiger partial charge is 0.355 e. The topological polar surface area (TPSA) is 92.5 Å². The van der Waals surface area contributed by atoms with Crippen LogP contribution in [0.2, 0.25) is 5.02 Å². The Hall–Kier alpha value is -2.94. The molecule has 2 aromatic carbocycles. The maximum Gasteiger partial charge on any atom is 0.248 e. The molecule has 1 N–H and O–H groups in total. The van der Waals surface area contributed by atoms with Crippen molar-refractivity contribution >= 4 is 45.4 Å². The van der Waals surface area contributed by atoms with E-state index in [4.69, 9.17) is 16.1 Å². The van der Waals surface area contributed by atoms with E-state index in [0.29, 0.717) is 30.1 Å². The van der Waals surface area contributed by atoms with Crippen molar-refractivity contribution < 1.29 is 17.7 Å². The zero-order chi connectivity index (χ0) is 26.0. The average Bonchev–Trinajstić information content (AvgIpc) is 3.19. The van der Waals surface area contributed by atoms with Crippen LogP contribution in [0.15, 0.2) is 45.8 Å². The monoisotopic (exact) mass is 527 g/mol. The SMILES string of the molecule is Cc1cc(C)c(/C=C/c2onc(C)c2S(=O)(=O)N2CCC[C@@H](C(=O)Nc3cccc(Cl)c3)C2)c(C)c1. The second-order valence-electron chi connectivity index (χ2n) is 9.31. The molecule has 2 heterocycles. The number of carbonyl (C=O) groups excluding carboxylic acids is 1. The number of aryl methyl sites for hydroxylation is 4. The number of benzene rings is 2. The van der Waals surface area contributed by atoms with Crippen molar-refractivity contribution in [2.45, 2.75) is 45.4 Å². The van der Waals surface area contributed by atoms with Crippen LogP contribution in [0.5, 0.6) is 0 Å². The predicted octanol–water partition coefficient (Wildman–Crippen LogP) is 5.77. The predicted molar refractivity (Wildman–Crippen MR) is 142 cm³/mol. The summed E-state index contributed by atoms with van der Waals surface area (Å²) < 4.78 is 34.2. The van der Waals surface area contributed by atoms with Crippen LogP contribution in [0.25, 0.3) is 12.2 Å². The smallest absolute Gasteiger partial charge is 0.248 e. The maximum absolute atomic E-state index is 13.7. The number of rotatable bonds is 6. The molecule has 190 valence electrons. The summed E-state index contributed by atoms with van der Waals surface area (Å²) in [5.41, 5.74) is 5.23. The Morgan fingerprint density at radius 3 is 2.56 bits per heavy atom. The summed E-state index contributed by atoms with van der Waals surface area (Å²) in [5, 5.41) is 7.31. The summed E-state index contributed by atoms with van der Waals surface area (Å²) >= 11 is 6.01. The van der Waals surface area contributed by atoms with E-state index >= 15 is 0 Å². The molecular weight excluding hydrogens is 498 g/mol. The summed E-state index contributed by atoms with van der Waals surface area (Å²) in [5.74, 6) is -0.536.